The van der Waals surface area contributed by atoms with Crippen LogP contribution in [-0.4, -0.2) is 11.9 Å². The van der Waals surface area contributed by atoms with E-state index in [9.17, 15) is 5.11 Å². The summed E-state index contributed by atoms with van der Waals surface area (Å²) in [6.07, 6.45) is 3.06. The smallest absolute Gasteiger partial charge is 0.854 e. The molecule has 1 nitrogen and oxygen atoms in total. The standard InChI is InChI=1S/C5H10BrO.Na/c6-4-2-1-3-5-7;/h1-5H2;/q-1;+1. The molecule has 0 atom stereocenters. The number of hydrogen-bond acceptors (Lipinski definition) is 1. The number of unbranched alkanes of at least 4 members (excludes halogenated alkanes) is 2. The monoisotopic (exact) mass is 188 g/mol. The van der Waals surface area contributed by atoms with Crippen molar-refractivity contribution in [2.24, 2.45) is 0 Å². The van der Waals surface area contributed by atoms with Gasteiger partial charge in [-0.05, 0) is 6.42 Å². The molecule has 0 N–H and O–H groups in total. The summed E-state index contributed by atoms with van der Waals surface area (Å²) >= 11 is 3.28. The minimum Gasteiger partial charge on any atom is -0.854 e. The molecule has 0 saturated heterocycles. The predicted octanol–water partition coefficient (Wildman–Crippen LogP) is -2.08. The van der Waals surface area contributed by atoms with Crippen molar-refractivity contribution in [3.05, 3.63) is 0 Å². The van der Waals surface area contributed by atoms with Crippen LogP contribution >= 0.6 is 15.9 Å². The Morgan fingerprint density at radius 3 is 2.12 bits per heavy atom. The van der Waals surface area contributed by atoms with Gasteiger partial charge < -0.3 is 5.11 Å². The molecular weight excluding hydrogens is 179 g/mol. The summed E-state index contributed by atoms with van der Waals surface area (Å²) in [6, 6.07) is 0. The third kappa shape index (κ3) is 10.4. The molecule has 0 amide bonds. The average molecular weight is 189 g/mol. The molecule has 0 aromatic heterocycles. The van der Waals surface area contributed by atoms with E-state index >= 15 is 0 Å². The second-order valence-corrected chi connectivity index (χ2v) is 2.25. The molecule has 0 aliphatic heterocycles. The van der Waals surface area contributed by atoms with Crippen LogP contribution in [-0.2, 0) is 0 Å². The molecule has 0 saturated carbocycles. The largest absolute Gasteiger partial charge is 1.00 e. The van der Waals surface area contributed by atoms with Crippen LogP contribution in [0.3, 0.4) is 0 Å². The maximum atomic E-state index is 9.79. The Bertz CT molecular complexity index is 31.6. The first kappa shape index (κ1) is 12.1. The van der Waals surface area contributed by atoms with Crippen molar-refractivity contribution in [1.82, 2.24) is 0 Å². The van der Waals surface area contributed by atoms with E-state index in [-0.39, 0.29) is 36.2 Å². The number of halogens is 1. The van der Waals surface area contributed by atoms with Crippen molar-refractivity contribution < 1.29 is 34.7 Å². The van der Waals surface area contributed by atoms with Crippen LogP contribution in [0.2, 0.25) is 0 Å². The number of rotatable bonds is 4. The maximum Gasteiger partial charge on any atom is 1.00 e. The van der Waals surface area contributed by atoms with E-state index < -0.39 is 0 Å². The van der Waals surface area contributed by atoms with Gasteiger partial charge in [-0.3, -0.25) is 0 Å². The minimum atomic E-state index is 0. The van der Waals surface area contributed by atoms with Gasteiger partial charge >= 0.3 is 29.6 Å². The van der Waals surface area contributed by atoms with Crippen molar-refractivity contribution >= 4 is 15.9 Å². The van der Waals surface area contributed by atoms with Crippen molar-refractivity contribution in [2.75, 3.05) is 11.9 Å². The topological polar surface area (TPSA) is 23.1 Å². The third-order valence-corrected chi connectivity index (χ3v) is 1.34. The van der Waals surface area contributed by atoms with Crippen molar-refractivity contribution in [3.63, 3.8) is 0 Å². The molecule has 0 aliphatic rings. The second-order valence-electron chi connectivity index (χ2n) is 1.45. The first-order chi connectivity index (χ1) is 3.41. The van der Waals surface area contributed by atoms with Crippen LogP contribution in [0.1, 0.15) is 19.3 Å². The molecule has 0 radical (unpaired) electrons. The Kier molecular flexibility index (Phi) is 17.1. The molecule has 0 rings (SSSR count). The summed E-state index contributed by atoms with van der Waals surface area (Å²) in [4.78, 5) is 0. The molecule has 8 heavy (non-hydrogen) atoms. The van der Waals surface area contributed by atoms with Crippen LogP contribution in [0.5, 0.6) is 0 Å². The zero-order valence-electron chi connectivity index (χ0n) is 5.32. The summed E-state index contributed by atoms with van der Waals surface area (Å²) in [7, 11) is 0. The normalized spacial score (nSPS) is 8.25. The zero-order chi connectivity index (χ0) is 5.54. The summed E-state index contributed by atoms with van der Waals surface area (Å²) in [5.41, 5.74) is 0. The summed E-state index contributed by atoms with van der Waals surface area (Å²) in [6.45, 7) is 0.0903. The van der Waals surface area contributed by atoms with Gasteiger partial charge in [0.25, 0.3) is 0 Å². The average Bonchev–Trinajstić information content (AvgIpc) is 1.69. The van der Waals surface area contributed by atoms with E-state index in [0.717, 1.165) is 24.6 Å². The quantitative estimate of drug-likeness (QED) is 0.282. The minimum absolute atomic E-state index is 0. The van der Waals surface area contributed by atoms with Gasteiger partial charge in [-0.1, -0.05) is 28.8 Å². The van der Waals surface area contributed by atoms with Crippen molar-refractivity contribution in [2.45, 2.75) is 19.3 Å². The van der Waals surface area contributed by atoms with Crippen LogP contribution < -0.4 is 34.7 Å². The Morgan fingerprint density at radius 2 is 1.75 bits per heavy atom. The number of alkyl halides is 1. The van der Waals surface area contributed by atoms with E-state index in [4.69, 9.17) is 0 Å². The first-order valence-corrected chi connectivity index (χ1v) is 3.68. The van der Waals surface area contributed by atoms with Gasteiger partial charge in [0, 0.05) is 5.33 Å². The van der Waals surface area contributed by atoms with Gasteiger partial charge in [0.05, 0.1) is 0 Å². The van der Waals surface area contributed by atoms with Gasteiger partial charge in [0.1, 0.15) is 0 Å². The molecule has 3 heteroatoms. The molecule has 44 valence electrons. The molecule has 0 unspecified atom stereocenters. The van der Waals surface area contributed by atoms with E-state index in [1.807, 2.05) is 0 Å². The van der Waals surface area contributed by atoms with Crippen LogP contribution in [0, 0.1) is 0 Å². The Labute approximate surface area is 81.3 Å². The summed E-state index contributed by atoms with van der Waals surface area (Å²) in [5, 5.41) is 10.8. The van der Waals surface area contributed by atoms with Crippen LogP contribution in [0.4, 0.5) is 0 Å². The first-order valence-electron chi connectivity index (χ1n) is 2.56. The summed E-state index contributed by atoms with van der Waals surface area (Å²) in [5.74, 6) is 0. The van der Waals surface area contributed by atoms with Crippen molar-refractivity contribution in [1.29, 1.82) is 0 Å². The summed E-state index contributed by atoms with van der Waals surface area (Å²) < 4.78 is 0. The van der Waals surface area contributed by atoms with Crippen LogP contribution in [0.15, 0.2) is 0 Å². The van der Waals surface area contributed by atoms with Crippen molar-refractivity contribution in [3.8, 4) is 0 Å². The van der Waals surface area contributed by atoms with E-state index in [0.29, 0.717) is 0 Å². The van der Waals surface area contributed by atoms with Gasteiger partial charge in [0.2, 0.25) is 0 Å². The van der Waals surface area contributed by atoms with Gasteiger partial charge in [0.15, 0.2) is 0 Å². The molecule has 0 fully saturated rings. The molecule has 0 bridgehead atoms. The molecule has 0 aromatic rings. The fourth-order valence-electron chi connectivity index (χ4n) is 0.373. The Balaban J connectivity index is 0. The van der Waals surface area contributed by atoms with Gasteiger partial charge in [-0.15, -0.1) is 6.61 Å². The fourth-order valence-corrected chi connectivity index (χ4v) is 0.770. The fraction of sp³-hybridized carbons (Fsp3) is 1.00. The van der Waals surface area contributed by atoms with Gasteiger partial charge in [-0.25, -0.2) is 0 Å². The van der Waals surface area contributed by atoms with E-state index in [2.05, 4.69) is 15.9 Å². The zero-order valence-corrected chi connectivity index (χ0v) is 8.91. The Hall–Kier alpha value is 1.44. The van der Waals surface area contributed by atoms with E-state index in [1.54, 1.807) is 0 Å². The molecule has 0 aromatic carbocycles. The van der Waals surface area contributed by atoms with Gasteiger partial charge in [-0.2, -0.15) is 0 Å². The second kappa shape index (κ2) is 11.3. The third-order valence-electron chi connectivity index (χ3n) is 0.778. The molecule has 0 heterocycles. The maximum absolute atomic E-state index is 9.79. The predicted molar refractivity (Wildman–Crippen MR) is 32.5 cm³/mol. The number of hydrogen-bond donors (Lipinski definition) is 0. The molecular formula is C5H10BrNaO. The Morgan fingerprint density at radius 1 is 1.12 bits per heavy atom. The molecule has 0 spiro atoms. The molecule has 0 aliphatic carbocycles. The van der Waals surface area contributed by atoms with Crippen LogP contribution in [0.25, 0.3) is 0 Å². The SMILES string of the molecule is [Na+].[O-]CCCCCBr. The van der Waals surface area contributed by atoms with E-state index in [1.165, 1.54) is 0 Å².